The van der Waals surface area contributed by atoms with E-state index in [9.17, 15) is 0 Å². The number of hydrogen-bond donors (Lipinski definition) is 1. The van der Waals surface area contributed by atoms with Crippen LogP contribution in [0.5, 0.6) is 0 Å². The maximum Gasteiger partial charge on any atom is 0.0721 e. The van der Waals surface area contributed by atoms with Gasteiger partial charge in [-0.3, -0.25) is 0 Å². The Morgan fingerprint density at radius 3 is 2.31 bits per heavy atom. The number of rotatable bonds is 6. The van der Waals surface area contributed by atoms with Gasteiger partial charge in [-0.05, 0) is 30.4 Å². The third-order valence-electron chi connectivity index (χ3n) is 3.30. The normalized spacial score (nSPS) is 17.4. The molecule has 0 bridgehead atoms. The predicted molar refractivity (Wildman–Crippen MR) is 63.0 cm³/mol. The molecule has 16 heavy (non-hydrogen) atoms. The largest absolute Gasteiger partial charge is 0.378 e. The zero-order valence-electron chi connectivity index (χ0n) is 9.74. The Morgan fingerprint density at radius 2 is 1.81 bits per heavy atom. The fourth-order valence-electron chi connectivity index (χ4n) is 1.97. The van der Waals surface area contributed by atoms with E-state index in [1.54, 1.807) is 7.11 Å². The van der Waals surface area contributed by atoms with Crippen molar-refractivity contribution in [2.45, 2.75) is 31.3 Å². The summed E-state index contributed by atoms with van der Waals surface area (Å²) >= 11 is 0. The first-order valence-corrected chi connectivity index (χ1v) is 5.73. The SMILES string of the molecule is COC1(Cc2ccc(CCON)cc2)CC1. The third kappa shape index (κ3) is 2.82. The first-order chi connectivity index (χ1) is 7.78. The van der Waals surface area contributed by atoms with E-state index in [0.717, 1.165) is 12.8 Å². The highest BCUT2D eigenvalue weighted by Crippen LogP contribution is 2.41. The van der Waals surface area contributed by atoms with Gasteiger partial charge in [-0.15, -0.1) is 0 Å². The summed E-state index contributed by atoms with van der Waals surface area (Å²) in [5.41, 5.74) is 2.75. The van der Waals surface area contributed by atoms with Crippen LogP contribution in [0.25, 0.3) is 0 Å². The molecular weight excluding hydrogens is 202 g/mol. The van der Waals surface area contributed by atoms with Crippen LogP contribution in [0.15, 0.2) is 24.3 Å². The summed E-state index contributed by atoms with van der Waals surface area (Å²) in [6.45, 7) is 0.571. The molecule has 2 rings (SSSR count). The minimum atomic E-state index is 0.141. The molecule has 3 heteroatoms. The van der Waals surface area contributed by atoms with Crippen molar-refractivity contribution in [3.63, 3.8) is 0 Å². The molecule has 0 atom stereocenters. The minimum Gasteiger partial charge on any atom is -0.378 e. The second kappa shape index (κ2) is 4.95. The Hall–Kier alpha value is -0.900. The predicted octanol–water partition coefficient (Wildman–Crippen LogP) is 1.84. The first kappa shape index (κ1) is 11.6. The van der Waals surface area contributed by atoms with Crippen molar-refractivity contribution in [2.75, 3.05) is 13.7 Å². The maximum atomic E-state index is 5.51. The second-order valence-electron chi connectivity index (χ2n) is 4.50. The number of nitrogens with two attached hydrogens (primary N) is 1. The fraction of sp³-hybridized carbons (Fsp3) is 0.538. The van der Waals surface area contributed by atoms with Gasteiger partial charge in [-0.2, -0.15) is 0 Å². The summed E-state index contributed by atoms with van der Waals surface area (Å²) in [7, 11) is 1.81. The highest BCUT2D eigenvalue weighted by atomic mass is 16.6. The lowest BCUT2D eigenvalue weighted by Crippen LogP contribution is -2.14. The molecule has 0 unspecified atom stereocenters. The molecule has 1 aromatic rings. The Balaban J connectivity index is 1.91. The number of methoxy groups -OCH3 is 1. The molecule has 1 aliphatic carbocycles. The van der Waals surface area contributed by atoms with E-state index < -0.39 is 0 Å². The molecule has 0 heterocycles. The maximum absolute atomic E-state index is 5.51. The van der Waals surface area contributed by atoms with Gasteiger partial charge in [0.2, 0.25) is 0 Å². The Kier molecular flexibility index (Phi) is 3.59. The molecule has 1 saturated carbocycles. The molecule has 0 spiro atoms. The van der Waals surface area contributed by atoms with E-state index in [0.29, 0.717) is 6.61 Å². The number of hydrogen-bond acceptors (Lipinski definition) is 3. The van der Waals surface area contributed by atoms with Crippen LogP contribution in [0.3, 0.4) is 0 Å². The van der Waals surface area contributed by atoms with Crippen molar-refractivity contribution in [1.29, 1.82) is 0 Å². The standard InChI is InChI=1S/C13H19NO2/c1-15-13(7-8-13)10-12-4-2-11(3-5-12)6-9-16-14/h2-5H,6-10,14H2,1H3. The molecule has 88 valence electrons. The number of ether oxygens (including phenoxy) is 1. The van der Waals surface area contributed by atoms with Gasteiger partial charge in [0.15, 0.2) is 0 Å². The molecule has 1 aromatic carbocycles. The minimum absolute atomic E-state index is 0.141. The summed E-state index contributed by atoms with van der Waals surface area (Å²) in [4.78, 5) is 4.56. The van der Waals surface area contributed by atoms with Gasteiger partial charge in [0.1, 0.15) is 0 Å². The molecule has 0 aromatic heterocycles. The lowest BCUT2D eigenvalue weighted by atomic mass is 10.0. The fourth-order valence-corrected chi connectivity index (χ4v) is 1.97. The smallest absolute Gasteiger partial charge is 0.0721 e. The van der Waals surface area contributed by atoms with Crippen LogP contribution >= 0.6 is 0 Å². The summed E-state index contributed by atoms with van der Waals surface area (Å²) < 4.78 is 5.51. The van der Waals surface area contributed by atoms with Crippen molar-refractivity contribution in [3.05, 3.63) is 35.4 Å². The van der Waals surface area contributed by atoms with Crippen molar-refractivity contribution in [3.8, 4) is 0 Å². The monoisotopic (exact) mass is 221 g/mol. The molecular formula is C13H19NO2. The molecule has 0 saturated heterocycles. The molecule has 1 aliphatic rings. The Morgan fingerprint density at radius 1 is 1.19 bits per heavy atom. The third-order valence-corrected chi connectivity index (χ3v) is 3.30. The van der Waals surface area contributed by atoms with E-state index in [1.165, 1.54) is 24.0 Å². The molecule has 3 nitrogen and oxygen atoms in total. The molecule has 0 radical (unpaired) electrons. The van der Waals surface area contributed by atoms with Gasteiger partial charge in [0, 0.05) is 13.5 Å². The van der Waals surface area contributed by atoms with E-state index in [4.69, 9.17) is 10.6 Å². The highest BCUT2D eigenvalue weighted by molar-refractivity contribution is 5.25. The van der Waals surface area contributed by atoms with Crippen molar-refractivity contribution < 1.29 is 9.57 Å². The quantitative estimate of drug-likeness (QED) is 0.745. The van der Waals surface area contributed by atoms with Crippen LogP contribution in [0.1, 0.15) is 24.0 Å². The lowest BCUT2D eigenvalue weighted by molar-refractivity contribution is 0.0807. The van der Waals surface area contributed by atoms with E-state index >= 15 is 0 Å². The number of benzene rings is 1. The second-order valence-corrected chi connectivity index (χ2v) is 4.50. The molecule has 2 N–H and O–H groups in total. The van der Waals surface area contributed by atoms with Crippen molar-refractivity contribution in [1.82, 2.24) is 0 Å². The van der Waals surface area contributed by atoms with Gasteiger partial charge in [-0.1, -0.05) is 24.3 Å². The summed E-state index contributed by atoms with van der Waals surface area (Å²) in [6, 6.07) is 8.62. The van der Waals surface area contributed by atoms with Crippen LogP contribution < -0.4 is 5.90 Å². The summed E-state index contributed by atoms with van der Waals surface area (Å²) in [6.07, 6.45) is 4.27. The average molecular weight is 221 g/mol. The Labute approximate surface area is 96.5 Å². The van der Waals surface area contributed by atoms with Gasteiger partial charge >= 0.3 is 0 Å². The Bertz CT molecular complexity index is 330. The topological polar surface area (TPSA) is 44.5 Å². The lowest BCUT2D eigenvalue weighted by Gasteiger charge is -2.13. The average Bonchev–Trinajstić information content (AvgIpc) is 3.09. The molecule has 0 amide bonds. The van der Waals surface area contributed by atoms with Crippen LogP contribution in [-0.4, -0.2) is 19.3 Å². The van der Waals surface area contributed by atoms with Crippen LogP contribution in [0, 0.1) is 0 Å². The van der Waals surface area contributed by atoms with E-state index in [1.807, 2.05) is 0 Å². The van der Waals surface area contributed by atoms with Crippen LogP contribution in [0.2, 0.25) is 0 Å². The van der Waals surface area contributed by atoms with Gasteiger partial charge in [-0.25, -0.2) is 5.90 Å². The van der Waals surface area contributed by atoms with Gasteiger partial charge in [0.05, 0.1) is 12.2 Å². The van der Waals surface area contributed by atoms with E-state index in [2.05, 4.69) is 29.1 Å². The summed E-state index contributed by atoms with van der Waals surface area (Å²) in [5, 5.41) is 0. The van der Waals surface area contributed by atoms with E-state index in [-0.39, 0.29) is 5.60 Å². The van der Waals surface area contributed by atoms with Crippen molar-refractivity contribution >= 4 is 0 Å². The highest BCUT2D eigenvalue weighted by Gasteiger charge is 2.42. The zero-order chi connectivity index (χ0) is 11.4. The van der Waals surface area contributed by atoms with Gasteiger partial charge in [0.25, 0.3) is 0 Å². The van der Waals surface area contributed by atoms with Crippen LogP contribution in [-0.2, 0) is 22.4 Å². The van der Waals surface area contributed by atoms with Crippen molar-refractivity contribution in [2.24, 2.45) is 5.90 Å². The first-order valence-electron chi connectivity index (χ1n) is 5.73. The molecule has 1 fully saturated rings. The zero-order valence-corrected chi connectivity index (χ0v) is 9.74. The summed E-state index contributed by atoms with van der Waals surface area (Å²) in [5.74, 6) is 5.00. The van der Waals surface area contributed by atoms with Gasteiger partial charge < -0.3 is 9.57 Å². The molecule has 0 aliphatic heterocycles. The van der Waals surface area contributed by atoms with Crippen LogP contribution in [0.4, 0.5) is 0 Å².